The summed E-state index contributed by atoms with van der Waals surface area (Å²) in [5.74, 6) is -0.442. The Morgan fingerprint density at radius 1 is 1.43 bits per heavy atom. The summed E-state index contributed by atoms with van der Waals surface area (Å²) in [7, 11) is 0. The molecule has 72 valence electrons. The van der Waals surface area contributed by atoms with Gasteiger partial charge >= 0.3 is 12.1 Å². The number of ether oxygens (including phenoxy) is 1. The first kappa shape index (κ1) is 8.49. The highest BCUT2D eigenvalue weighted by atomic mass is 16.7. The number of para-hydroxylation sites is 2. The average Bonchev–Trinajstić information content (AvgIpc) is 2.16. The van der Waals surface area contributed by atoms with Crippen molar-refractivity contribution in [2.45, 2.75) is 6.23 Å². The maximum Gasteiger partial charge on any atom is 0.433 e. The van der Waals surface area contributed by atoms with Crippen molar-refractivity contribution in [3.8, 4) is 5.75 Å². The summed E-state index contributed by atoms with van der Waals surface area (Å²) in [6.07, 6.45) is -1.65. The quantitative estimate of drug-likeness (QED) is 0.524. The molecule has 1 aromatic rings. The molecule has 6 nitrogen and oxygen atoms in total. The molecule has 0 spiro atoms. The van der Waals surface area contributed by atoms with Crippen LogP contribution in [-0.4, -0.2) is 17.1 Å². The molecule has 0 radical (unpaired) electrons. The van der Waals surface area contributed by atoms with Gasteiger partial charge in [-0.2, -0.15) is 0 Å². The van der Waals surface area contributed by atoms with Gasteiger partial charge in [0.25, 0.3) is 0 Å². The van der Waals surface area contributed by atoms with Crippen LogP contribution in [0, 0.1) is 10.1 Å². The zero-order valence-electron chi connectivity index (χ0n) is 6.97. The van der Waals surface area contributed by atoms with Gasteiger partial charge in [0.05, 0.1) is 10.6 Å². The Morgan fingerprint density at radius 2 is 2.14 bits per heavy atom. The van der Waals surface area contributed by atoms with Crippen molar-refractivity contribution >= 4 is 11.6 Å². The van der Waals surface area contributed by atoms with Crippen LogP contribution in [0.25, 0.3) is 0 Å². The molecule has 0 bridgehead atoms. The molecule has 1 atom stereocenters. The third-order valence-electron chi connectivity index (χ3n) is 1.80. The number of hydrogen-bond acceptors (Lipinski definition) is 4. The Morgan fingerprint density at radius 3 is 2.86 bits per heavy atom. The molecule has 0 fully saturated rings. The van der Waals surface area contributed by atoms with Crippen LogP contribution >= 0.6 is 0 Å². The molecule has 14 heavy (non-hydrogen) atoms. The van der Waals surface area contributed by atoms with Gasteiger partial charge in [0, 0.05) is 0 Å². The number of benzene rings is 1. The van der Waals surface area contributed by atoms with Gasteiger partial charge in [-0.25, -0.2) is 0 Å². The van der Waals surface area contributed by atoms with Crippen molar-refractivity contribution in [2.24, 2.45) is 0 Å². The molecule has 1 unspecified atom stereocenters. The molecule has 2 rings (SSSR count). The van der Waals surface area contributed by atoms with Crippen molar-refractivity contribution in [2.75, 3.05) is 5.32 Å². The van der Waals surface area contributed by atoms with E-state index in [1.165, 1.54) is 0 Å². The fraction of sp³-hybridized carbons (Fsp3) is 0.125. The minimum absolute atomic E-state index is 0.314. The maximum absolute atomic E-state index is 11.1. The topological polar surface area (TPSA) is 81.5 Å². The van der Waals surface area contributed by atoms with Crippen LogP contribution in [0.5, 0.6) is 5.75 Å². The van der Waals surface area contributed by atoms with E-state index in [2.05, 4.69) is 5.32 Å². The number of nitrogens with zero attached hydrogens (tertiary/aromatic N) is 1. The zero-order valence-corrected chi connectivity index (χ0v) is 6.97. The fourth-order valence-electron chi connectivity index (χ4n) is 1.18. The highest BCUT2D eigenvalue weighted by molar-refractivity contribution is 5.96. The summed E-state index contributed by atoms with van der Waals surface area (Å²) in [5.41, 5.74) is 0.454. The van der Waals surface area contributed by atoms with E-state index >= 15 is 0 Å². The maximum atomic E-state index is 11.1. The van der Waals surface area contributed by atoms with E-state index in [-0.39, 0.29) is 0 Å². The Hall–Kier alpha value is -2.11. The lowest BCUT2D eigenvalue weighted by molar-refractivity contribution is -0.545. The lowest BCUT2D eigenvalue weighted by Gasteiger charge is -2.19. The molecule has 0 aromatic heterocycles. The number of rotatable bonds is 1. The van der Waals surface area contributed by atoms with Crippen molar-refractivity contribution in [3.63, 3.8) is 0 Å². The van der Waals surface area contributed by atoms with Crippen LogP contribution in [0.1, 0.15) is 0 Å². The number of nitro groups is 1. The van der Waals surface area contributed by atoms with Gasteiger partial charge in [0.1, 0.15) is 0 Å². The van der Waals surface area contributed by atoms with E-state index in [9.17, 15) is 14.9 Å². The second-order valence-electron chi connectivity index (χ2n) is 2.74. The highest BCUT2D eigenvalue weighted by Crippen LogP contribution is 2.28. The first-order valence-electron chi connectivity index (χ1n) is 3.88. The Bertz CT molecular complexity index is 404. The minimum Gasteiger partial charge on any atom is -0.421 e. The van der Waals surface area contributed by atoms with Crippen LogP contribution in [-0.2, 0) is 4.79 Å². The fourth-order valence-corrected chi connectivity index (χ4v) is 1.18. The first-order valence-corrected chi connectivity index (χ1v) is 3.88. The molecule has 0 saturated carbocycles. The number of amides is 1. The van der Waals surface area contributed by atoms with Gasteiger partial charge < -0.3 is 10.1 Å². The molecule has 1 heterocycles. The molecule has 0 saturated heterocycles. The summed E-state index contributed by atoms with van der Waals surface area (Å²) in [5, 5.41) is 12.8. The summed E-state index contributed by atoms with van der Waals surface area (Å²) >= 11 is 0. The average molecular weight is 194 g/mol. The standard InChI is InChI=1S/C8H6N2O4/c11-7-8(10(12)13)14-6-4-2-1-3-5(6)9-7/h1-4,8H,(H,9,11). The number of carbonyl (C=O) groups is 1. The van der Waals surface area contributed by atoms with Crippen LogP contribution in [0.3, 0.4) is 0 Å². The number of hydrogen-bond donors (Lipinski definition) is 1. The largest absolute Gasteiger partial charge is 0.433 e. The molecular formula is C8H6N2O4. The van der Waals surface area contributed by atoms with Gasteiger partial charge in [-0.3, -0.25) is 14.9 Å². The van der Waals surface area contributed by atoms with Gasteiger partial charge in [0.2, 0.25) is 0 Å². The van der Waals surface area contributed by atoms with Gasteiger partial charge in [-0.1, -0.05) is 12.1 Å². The third kappa shape index (κ3) is 1.26. The molecular weight excluding hydrogens is 188 g/mol. The lowest BCUT2D eigenvalue weighted by atomic mass is 10.2. The van der Waals surface area contributed by atoms with E-state index in [0.717, 1.165) is 0 Å². The SMILES string of the molecule is O=C1Nc2ccccc2OC1[N+](=O)[O-]. The number of nitrogens with one attached hydrogen (secondary N) is 1. The van der Waals surface area contributed by atoms with Crippen LogP contribution < -0.4 is 10.1 Å². The van der Waals surface area contributed by atoms with E-state index in [4.69, 9.17) is 4.74 Å². The van der Waals surface area contributed by atoms with Crippen molar-refractivity contribution < 1.29 is 14.5 Å². The summed E-state index contributed by atoms with van der Waals surface area (Å²) in [4.78, 5) is 20.7. The van der Waals surface area contributed by atoms with Crippen LogP contribution in [0.2, 0.25) is 0 Å². The molecule has 1 aliphatic rings. The Labute approximate surface area is 78.6 Å². The monoisotopic (exact) mass is 194 g/mol. The zero-order chi connectivity index (χ0) is 10.1. The van der Waals surface area contributed by atoms with Gasteiger partial charge in [-0.05, 0) is 12.1 Å². The number of anilines is 1. The Balaban J connectivity index is 2.36. The molecule has 1 amide bonds. The van der Waals surface area contributed by atoms with E-state index < -0.39 is 17.1 Å². The first-order chi connectivity index (χ1) is 6.68. The summed E-state index contributed by atoms with van der Waals surface area (Å²) in [6.45, 7) is 0. The summed E-state index contributed by atoms with van der Waals surface area (Å²) < 4.78 is 4.89. The molecule has 1 aliphatic heterocycles. The van der Waals surface area contributed by atoms with E-state index in [0.29, 0.717) is 11.4 Å². The predicted octanol–water partition coefficient (Wildman–Crippen LogP) is 0.620. The summed E-state index contributed by atoms with van der Waals surface area (Å²) in [6, 6.07) is 6.55. The van der Waals surface area contributed by atoms with Gasteiger partial charge in [-0.15, -0.1) is 0 Å². The normalized spacial score (nSPS) is 19.1. The third-order valence-corrected chi connectivity index (χ3v) is 1.80. The van der Waals surface area contributed by atoms with E-state index in [1.54, 1.807) is 24.3 Å². The molecule has 6 heteroatoms. The lowest BCUT2D eigenvalue weighted by Crippen LogP contribution is -2.42. The van der Waals surface area contributed by atoms with Gasteiger partial charge in [0.15, 0.2) is 5.75 Å². The second kappa shape index (κ2) is 2.99. The Kier molecular flexibility index (Phi) is 1.81. The molecule has 1 N–H and O–H groups in total. The number of carbonyl (C=O) groups excluding carboxylic acids is 1. The van der Waals surface area contributed by atoms with Crippen LogP contribution in [0.15, 0.2) is 24.3 Å². The highest BCUT2D eigenvalue weighted by Gasteiger charge is 2.36. The van der Waals surface area contributed by atoms with Crippen molar-refractivity contribution in [3.05, 3.63) is 34.4 Å². The minimum atomic E-state index is -1.65. The molecule has 0 aliphatic carbocycles. The smallest absolute Gasteiger partial charge is 0.421 e. The number of fused-ring (bicyclic) bond motifs is 1. The van der Waals surface area contributed by atoms with Crippen molar-refractivity contribution in [1.29, 1.82) is 0 Å². The second-order valence-corrected chi connectivity index (χ2v) is 2.74. The predicted molar refractivity (Wildman–Crippen MR) is 46.5 cm³/mol. The van der Waals surface area contributed by atoms with Crippen LogP contribution in [0.4, 0.5) is 5.69 Å². The molecule has 1 aromatic carbocycles. The van der Waals surface area contributed by atoms with Crippen molar-refractivity contribution in [1.82, 2.24) is 0 Å². The van der Waals surface area contributed by atoms with E-state index in [1.807, 2.05) is 0 Å².